The van der Waals surface area contributed by atoms with Crippen LogP contribution >= 0.6 is 0 Å². The summed E-state index contributed by atoms with van der Waals surface area (Å²) in [6.07, 6.45) is 3.79. The van der Waals surface area contributed by atoms with Crippen LogP contribution in [0.25, 0.3) is 0 Å². The molecule has 0 bridgehead atoms. The van der Waals surface area contributed by atoms with E-state index in [1.807, 2.05) is 6.92 Å². The van der Waals surface area contributed by atoms with Crippen LogP contribution in [0.2, 0.25) is 0 Å². The molecule has 0 aromatic heterocycles. The Kier molecular flexibility index (Phi) is 6.86. The number of benzene rings is 2. The normalized spacial score (nSPS) is 20.4. The van der Waals surface area contributed by atoms with Gasteiger partial charge in [0.15, 0.2) is 0 Å². The first-order valence-electron chi connectivity index (χ1n) is 11.0. The minimum atomic E-state index is 0.614. The zero-order valence-corrected chi connectivity index (χ0v) is 17.9. The number of likely N-dealkylation sites (tertiary alicyclic amines) is 1. The highest BCUT2D eigenvalue weighted by molar-refractivity contribution is 5.37. The Morgan fingerprint density at radius 3 is 2.76 bits per heavy atom. The van der Waals surface area contributed by atoms with Crippen LogP contribution in [0, 0.1) is 0 Å². The second-order valence-electron chi connectivity index (χ2n) is 8.30. The lowest BCUT2D eigenvalue weighted by atomic mass is 9.96. The average Bonchev–Trinajstić information content (AvgIpc) is 2.77. The van der Waals surface area contributed by atoms with E-state index in [0.29, 0.717) is 12.6 Å². The zero-order valence-electron chi connectivity index (χ0n) is 17.9. The van der Waals surface area contributed by atoms with Gasteiger partial charge in [-0.1, -0.05) is 30.3 Å². The number of ether oxygens (including phenoxy) is 2. The van der Waals surface area contributed by atoms with Crippen LogP contribution in [0.4, 0.5) is 0 Å². The summed E-state index contributed by atoms with van der Waals surface area (Å²) in [6, 6.07) is 16.2. The van der Waals surface area contributed by atoms with Gasteiger partial charge in [-0.3, -0.25) is 9.80 Å². The van der Waals surface area contributed by atoms with Crippen LogP contribution in [0.15, 0.2) is 42.5 Å². The third kappa shape index (κ3) is 5.00. The molecule has 0 N–H and O–H groups in total. The molecule has 0 saturated carbocycles. The third-order valence-corrected chi connectivity index (χ3v) is 6.37. The third-order valence-electron chi connectivity index (χ3n) is 6.37. The van der Waals surface area contributed by atoms with Gasteiger partial charge in [0, 0.05) is 44.4 Å². The van der Waals surface area contributed by atoms with E-state index >= 15 is 0 Å². The zero-order chi connectivity index (χ0) is 20.1. The molecular weight excluding hydrogens is 360 g/mol. The summed E-state index contributed by atoms with van der Waals surface area (Å²) in [4.78, 5) is 5.34. The quantitative estimate of drug-likeness (QED) is 0.701. The Morgan fingerprint density at radius 1 is 1.07 bits per heavy atom. The second-order valence-corrected chi connectivity index (χ2v) is 8.30. The van der Waals surface area contributed by atoms with Crippen molar-refractivity contribution in [3.8, 4) is 5.75 Å². The molecule has 156 valence electrons. The highest BCUT2D eigenvalue weighted by Crippen LogP contribution is 2.26. The summed E-state index contributed by atoms with van der Waals surface area (Å²) in [5.74, 6) is 0.922. The molecule has 1 saturated heterocycles. The first-order chi connectivity index (χ1) is 14.3. The summed E-state index contributed by atoms with van der Waals surface area (Å²) in [5.41, 5.74) is 5.56. The molecule has 2 aliphatic rings. The van der Waals surface area contributed by atoms with E-state index < -0.39 is 0 Å². The van der Waals surface area contributed by atoms with Crippen molar-refractivity contribution in [1.82, 2.24) is 9.80 Å². The predicted octanol–water partition coefficient (Wildman–Crippen LogP) is 4.25. The van der Waals surface area contributed by atoms with Crippen LogP contribution in [0.5, 0.6) is 5.75 Å². The van der Waals surface area contributed by atoms with Gasteiger partial charge in [-0.25, -0.2) is 0 Å². The van der Waals surface area contributed by atoms with Crippen molar-refractivity contribution in [2.75, 3.05) is 33.4 Å². The Bertz CT molecular complexity index is 807. The molecule has 1 unspecified atom stereocenters. The molecule has 1 fully saturated rings. The van der Waals surface area contributed by atoms with Crippen LogP contribution < -0.4 is 4.74 Å². The highest BCUT2D eigenvalue weighted by Gasteiger charge is 2.27. The summed E-state index contributed by atoms with van der Waals surface area (Å²) < 4.78 is 11.1. The van der Waals surface area contributed by atoms with Gasteiger partial charge in [-0.15, -0.1) is 0 Å². The van der Waals surface area contributed by atoms with Crippen LogP contribution in [0.1, 0.15) is 42.0 Å². The Labute approximate surface area is 175 Å². The molecular formula is C25H34N2O2. The van der Waals surface area contributed by atoms with E-state index in [9.17, 15) is 0 Å². The Hall–Kier alpha value is -1.88. The number of piperidine rings is 1. The van der Waals surface area contributed by atoms with E-state index in [1.54, 1.807) is 7.11 Å². The summed E-state index contributed by atoms with van der Waals surface area (Å²) >= 11 is 0. The van der Waals surface area contributed by atoms with Gasteiger partial charge < -0.3 is 9.47 Å². The monoisotopic (exact) mass is 394 g/mol. The van der Waals surface area contributed by atoms with Crippen molar-refractivity contribution in [3.05, 3.63) is 64.7 Å². The van der Waals surface area contributed by atoms with Gasteiger partial charge >= 0.3 is 0 Å². The molecule has 2 aromatic rings. The molecule has 2 aromatic carbocycles. The molecule has 0 radical (unpaired) electrons. The molecule has 2 aliphatic heterocycles. The van der Waals surface area contributed by atoms with Crippen molar-refractivity contribution in [3.63, 3.8) is 0 Å². The lowest BCUT2D eigenvalue weighted by Gasteiger charge is -2.41. The van der Waals surface area contributed by atoms with Crippen LogP contribution in [-0.2, 0) is 30.9 Å². The molecule has 4 heteroatoms. The molecule has 0 amide bonds. The van der Waals surface area contributed by atoms with E-state index in [4.69, 9.17) is 9.47 Å². The first-order valence-corrected chi connectivity index (χ1v) is 11.0. The van der Waals surface area contributed by atoms with Crippen LogP contribution in [-0.4, -0.2) is 49.2 Å². The number of rotatable bonds is 7. The fourth-order valence-electron chi connectivity index (χ4n) is 4.82. The maximum Gasteiger partial charge on any atom is 0.124 e. The number of fused-ring (bicyclic) bond motifs is 1. The lowest BCUT2D eigenvalue weighted by Crippen LogP contribution is -2.49. The van der Waals surface area contributed by atoms with E-state index in [-0.39, 0.29) is 0 Å². The average molecular weight is 395 g/mol. The summed E-state index contributed by atoms with van der Waals surface area (Å²) in [6.45, 7) is 9.02. The van der Waals surface area contributed by atoms with Crippen LogP contribution in [0.3, 0.4) is 0 Å². The van der Waals surface area contributed by atoms with Gasteiger partial charge in [-0.05, 0) is 61.6 Å². The van der Waals surface area contributed by atoms with Gasteiger partial charge in [0.2, 0.25) is 0 Å². The molecule has 29 heavy (non-hydrogen) atoms. The number of methoxy groups -OCH3 is 1. The number of hydrogen-bond acceptors (Lipinski definition) is 4. The topological polar surface area (TPSA) is 24.9 Å². The van der Waals surface area contributed by atoms with Crippen molar-refractivity contribution in [1.29, 1.82) is 0 Å². The first kappa shape index (κ1) is 20.4. The van der Waals surface area contributed by atoms with Crippen molar-refractivity contribution >= 4 is 0 Å². The number of nitrogens with zero attached hydrogens (tertiary/aromatic N) is 2. The standard InChI is InChI=1S/C25H34N2O2/c1-3-29-19-23-15-20(10-11-25(23)28-2)16-26-13-6-9-24(18-26)27-14-12-21-7-4-5-8-22(21)17-27/h4-5,7-8,10-11,15,24H,3,6,9,12-14,16-19H2,1-2H3. The van der Waals surface area contributed by atoms with Crippen molar-refractivity contribution in [2.24, 2.45) is 0 Å². The largest absolute Gasteiger partial charge is 0.496 e. The Morgan fingerprint density at radius 2 is 1.93 bits per heavy atom. The van der Waals surface area contributed by atoms with E-state index in [2.05, 4.69) is 52.3 Å². The SMILES string of the molecule is CCOCc1cc(CN2CCCC(N3CCc4ccccc4C3)C2)ccc1OC. The lowest BCUT2D eigenvalue weighted by molar-refractivity contribution is 0.0837. The van der Waals surface area contributed by atoms with Gasteiger partial charge in [0.25, 0.3) is 0 Å². The summed E-state index contributed by atoms with van der Waals surface area (Å²) in [5, 5.41) is 0. The fraction of sp³-hybridized carbons (Fsp3) is 0.520. The predicted molar refractivity (Wildman–Crippen MR) is 117 cm³/mol. The van der Waals surface area contributed by atoms with E-state index in [0.717, 1.165) is 37.6 Å². The smallest absolute Gasteiger partial charge is 0.124 e. The van der Waals surface area contributed by atoms with Gasteiger partial charge in [-0.2, -0.15) is 0 Å². The van der Waals surface area contributed by atoms with Crippen molar-refractivity contribution < 1.29 is 9.47 Å². The number of hydrogen-bond donors (Lipinski definition) is 0. The molecule has 2 heterocycles. The minimum Gasteiger partial charge on any atom is -0.496 e. The molecule has 1 atom stereocenters. The minimum absolute atomic E-state index is 0.614. The maximum absolute atomic E-state index is 5.63. The maximum atomic E-state index is 5.63. The van der Waals surface area contributed by atoms with Gasteiger partial charge in [0.05, 0.1) is 13.7 Å². The summed E-state index contributed by atoms with van der Waals surface area (Å²) in [7, 11) is 1.73. The molecule has 4 nitrogen and oxygen atoms in total. The Balaban J connectivity index is 1.39. The molecule has 0 aliphatic carbocycles. The van der Waals surface area contributed by atoms with E-state index in [1.165, 1.54) is 49.0 Å². The fourth-order valence-corrected chi connectivity index (χ4v) is 4.82. The molecule has 0 spiro atoms. The van der Waals surface area contributed by atoms with Gasteiger partial charge in [0.1, 0.15) is 5.75 Å². The highest BCUT2D eigenvalue weighted by atomic mass is 16.5. The second kappa shape index (κ2) is 9.75. The van der Waals surface area contributed by atoms with Crippen molar-refractivity contribution in [2.45, 2.75) is 51.9 Å². The molecule has 4 rings (SSSR count).